The van der Waals surface area contributed by atoms with Crippen LogP contribution >= 0.6 is 0 Å². The van der Waals surface area contributed by atoms with Gasteiger partial charge in [-0.3, -0.25) is 0 Å². The number of hydrogen-bond donors (Lipinski definition) is 1. The summed E-state index contributed by atoms with van der Waals surface area (Å²) in [7, 11) is 0. The van der Waals surface area contributed by atoms with Gasteiger partial charge in [0.15, 0.2) is 0 Å². The van der Waals surface area contributed by atoms with E-state index in [2.05, 4.69) is 19.9 Å². The Morgan fingerprint density at radius 2 is 1.73 bits per heavy atom. The third-order valence-corrected chi connectivity index (χ3v) is 1.35. The lowest BCUT2D eigenvalue weighted by Crippen LogP contribution is -1.90. The SMILES string of the molecule is CC(C)/C=C\C=C(\O)C(C)C. The van der Waals surface area contributed by atoms with E-state index in [1.807, 2.05) is 19.9 Å². The molecule has 64 valence electrons. The van der Waals surface area contributed by atoms with Crippen molar-refractivity contribution in [3.05, 3.63) is 24.0 Å². The van der Waals surface area contributed by atoms with Gasteiger partial charge >= 0.3 is 0 Å². The number of aliphatic hydroxyl groups excluding tert-OH is 1. The van der Waals surface area contributed by atoms with Gasteiger partial charge in [0.05, 0.1) is 5.76 Å². The Morgan fingerprint density at radius 1 is 1.18 bits per heavy atom. The van der Waals surface area contributed by atoms with Gasteiger partial charge in [0.25, 0.3) is 0 Å². The van der Waals surface area contributed by atoms with E-state index in [1.165, 1.54) is 0 Å². The lowest BCUT2D eigenvalue weighted by atomic mass is 10.1. The summed E-state index contributed by atoms with van der Waals surface area (Å²) in [5.41, 5.74) is 0. The summed E-state index contributed by atoms with van der Waals surface area (Å²) >= 11 is 0. The monoisotopic (exact) mass is 154 g/mol. The summed E-state index contributed by atoms with van der Waals surface area (Å²) in [6, 6.07) is 0. The molecule has 0 heterocycles. The highest BCUT2D eigenvalue weighted by Gasteiger charge is 1.95. The maximum atomic E-state index is 9.25. The molecule has 0 fully saturated rings. The van der Waals surface area contributed by atoms with Crippen LogP contribution in [0.3, 0.4) is 0 Å². The molecule has 11 heavy (non-hydrogen) atoms. The molecule has 0 spiro atoms. The molecule has 1 nitrogen and oxygen atoms in total. The summed E-state index contributed by atoms with van der Waals surface area (Å²) < 4.78 is 0. The fourth-order valence-electron chi connectivity index (χ4n) is 0.569. The van der Waals surface area contributed by atoms with E-state index in [1.54, 1.807) is 6.08 Å². The van der Waals surface area contributed by atoms with Gasteiger partial charge in [-0.1, -0.05) is 39.8 Å². The van der Waals surface area contributed by atoms with Gasteiger partial charge in [-0.25, -0.2) is 0 Å². The molecule has 1 N–H and O–H groups in total. The van der Waals surface area contributed by atoms with Gasteiger partial charge in [0.2, 0.25) is 0 Å². The predicted molar refractivity (Wildman–Crippen MR) is 49.5 cm³/mol. The zero-order chi connectivity index (χ0) is 8.85. The molecule has 0 aromatic carbocycles. The smallest absolute Gasteiger partial charge is 0.0947 e. The second kappa shape index (κ2) is 5.00. The van der Waals surface area contributed by atoms with Crippen molar-refractivity contribution in [3.63, 3.8) is 0 Å². The van der Waals surface area contributed by atoms with Crippen LogP contribution in [0.1, 0.15) is 27.7 Å². The quantitative estimate of drug-likeness (QED) is 0.488. The van der Waals surface area contributed by atoms with Gasteiger partial charge in [-0.15, -0.1) is 0 Å². The number of allylic oxidation sites excluding steroid dienone is 4. The average Bonchev–Trinajstić information content (AvgIpc) is 1.86. The van der Waals surface area contributed by atoms with E-state index in [-0.39, 0.29) is 5.92 Å². The largest absolute Gasteiger partial charge is 0.512 e. The van der Waals surface area contributed by atoms with Crippen molar-refractivity contribution in [1.29, 1.82) is 0 Å². The Balaban J connectivity index is 3.91. The molecule has 0 amide bonds. The molecule has 0 saturated heterocycles. The molecule has 0 aromatic heterocycles. The van der Waals surface area contributed by atoms with Crippen molar-refractivity contribution in [3.8, 4) is 0 Å². The first-order chi connectivity index (χ1) is 5.04. The molecule has 0 unspecified atom stereocenters. The minimum Gasteiger partial charge on any atom is -0.512 e. The molecule has 1 heteroatoms. The third-order valence-electron chi connectivity index (χ3n) is 1.35. The summed E-state index contributed by atoms with van der Waals surface area (Å²) in [4.78, 5) is 0. The minimum atomic E-state index is 0.229. The van der Waals surface area contributed by atoms with Crippen molar-refractivity contribution in [2.24, 2.45) is 11.8 Å². The van der Waals surface area contributed by atoms with E-state index in [9.17, 15) is 5.11 Å². The van der Waals surface area contributed by atoms with E-state index >= 15 is 0 Å². The van der Waals surface area contributed by atoms with Crippen molar-refractivity contribution < 1.29 is 5.11 Å². The van der Waals surface area contributed by atoms with Gasteiger partial charge in [0.1, 0.15) is 0 Å². The van der Waals surface area contributed by atoms with Crippen LogP contribution in [0.2, 0.25) is 0 Å². The van der Waals surface area contributed by atoms with Gasteiger partial charge in [0, 0.05) is 5.92 Å². The molecule has 0 rings (SSSR count). The molecule has 0 aliphatic heterocycles. The van der Waals surface area contributed by atoms with Crippen LogP contribution in [0.4, 0.5) is 0 Å². The summed E-state index contributed by atoms with van der Waals surface area (Å²) in [6.07, 6.45) is 5.71. The Labute approximate surface area is 69.4 Å². The number of rotatable bonds is 3. The first-order valence-electron chi connectivity index (χ1n) is 4.11. The van der Waals surface area contributed by atoms with Crippen LogP contribution < -0.4 is 0 Å². The summed E-state index contributed by atoms with van der Waals surface area (Å²) in [5.74, 6) is 1.22. The van der Waals surface area contributed by atoms with Crippen LogP contribution in [0, 0.1) is 11.8 Å². The Bertz CT molecular complexity index is 152. The molecule has 0 bridgehead atoms. The molecule has 0 saturated carbocycles. The van der Waals surface area contributed by atoms with E-state index < -0.39 is 0 Å². The Morgan fingerprint density at radius 3 is 2.09 bits per heavy atom. The van der Waals surface area contributed by atoms with E-state index in [0.717, 1.165) is 0 Å². The summed E-state index contributed by atoms with van der Waals surface area (Å²) in [5, 5.41) is 9.25. The second-order valence-corrected chi connectivity index (χ2v) is 3.38. The first-order valence-corrected chi connectivity index (χ1v) is 4.11. The van der Waals surface area contributed by atoms with E-state index in [4.69, 9.17) is 0 Å². The topological polar surface area (TPSA) is 20.2 Å². The molecular formula is C10H18O. The van der Waals surface area contributed by atoms with Crippen LogP contribution in [0.5, 0.6) is 0 Å². The normalized spacial score (nSPS) is 13.8. The summed E-state index contributed by atoms with van der Waals surface area (Å²) in [6.45, 7) is 8.15. The van der Waals surface area contributed by atoms with Crippen LogP contribution in [0.25, 0.3) is 0 Å². The number of aliphatic hydroxyl groups is 1. The highest BCUT2D eigenvalue weighted by Crippen LogP contribution is 2.05. The first kappa shape index (κ1) is 10.3. The Kier molecular flexibility index (Phi) is 4.67. The lowest BCUT2D eigenvalue weighted by molar-refractivity contribution is 0.352. The molecule has 0 radical (unpaired) electrons. The fourth-order valence-corrected chi connectivity index (χ4v) is 0.569. The van der Waals surface area contributed by atoms with Crippen molar-refractivity contribution in [1.82, 2.24) is 0 Å². The highest BCUT2D eigenvalue weighted by molar-refractivity contribution is 5.08. The van der Waals surface area contributed by atoms with Gasteiger partial charge in [-0.2, -0.15) is 0 Å². The molecule has 0 atom stereocenters. The molecule has 0 aromatic rings. The third kappa shape index (κ3) is 5.71. The van der Waals surface area contributed by atoms with E-state index in [0.29, 0.717) is 11.7 Å². The molecule has 0 aliphatic rings. The van der Waals surface area contributed by atoms with Crippen molar-refractivity contribution in [2.75, 3.05) is 0 Å². The predicted octanol–water partition coefficient (Wildman–Crippen LogP) is 3.30. The maximum absolute atomic E-state index is 9.25. The lowest BCUT2D eigenvalue weighted by Gasteiger charge is -2.00. The zero-order valence-electron chi connectivity index (χ0n) is 7.83. The van der Waals surface area contributed by atoms with Crippen LogP contribution in [-0.2, 0) is 0 Å². The minimum absolute atomic E-state index is 0.229. The number of hydrogen-bond acceptors (Lipinski definition) is 1. The fraction of sp³-hybridized carbons (Fsp3) is 0.600. The maximum Gasteiger partial charge on any atom is 0.0947 e. The van der Waals surface area contributed by atoms with Crippen molar-refractivity contribution >= 4 is 0 Å². The molecule has 0 aliphatic carbocycles. The van der Waals surface area contributed by atoms with Gasteiger partial charge < -0.3 is 5.11 Å². The second-order valence-electron chi connectivity index (χ2n) is 3.38. The standard InChI is InChI=1S/C10H18O/c1-8(2)6-5-7-10(11)9(3)4/h5-9,11H,1-4H3/b6-5-,10-7+. The molecular weight excluding hydrogens is 136 g/mol. The zero-order valence-corrected chi connectivity index (χ0v) is 7.83. The van der Waals surface area contributed by atoms with Crippen LogP contribution in [0.15, 0.2) is 24.0 Å². The van der Waals surface area contributed by atoms with Crippen LogP contribution in [-0.4, -0.2) is 5.11 Å². The van der Waals surface area contributed by atoms with Crippen molar-refractivity contribution in [2.45, 2.75) is 27.7 Å². The average molecular weight is 154 g/mol. The highest BCUT2D eigenvalue weighted by atomic mass is 16.3. The van der Waals surface area contributed by atoms with Gasteiger partial charge in [-0.05, 0) is 12.0 Å². The Hall–Kier alpha value is -0.720.